The molecule has 0 radical (unpaired) electrons. The summed E-state index contributed by atoms with van der Waals surface area (Å²) < 4.78 is 14.1. The van der Waals surface area contributed by atoms with Gasteiger partial charge in [0.1, 0.15) is 11.6 Å². The molecule has 2 nitrogen and oxygen atoms in total. The van der Waals surface area contributed by atoms with Crippen molar-refractivity contribution in [1.82, 2.24) is 5.32 Å². The fourth-order valence-electron chi connectivity index (χ4n) is 2.33. The highest BCUT2D eigenvalue weighted by molar-refractivity contribution is 9.10. The van der Waals surface area contributed by atoms with Crippen LogP contribution in [0.25, 0.3) is 0 Å². The topological polar surface area (TPSA) is 32.3 Å². The summed E-state index contributed by atoms with van der Waals surface area (Å²) in [6.45, 7) is 3.59. The van der Waals surface area contributed by atoms with Crippen LogP contribution >= 0.6 is 15.9 Å². The van der Waals surface area contributed by atoms with E-state index in [9.17, 15) is 9.50 Å². The second kappa shape index (κ2) is 4.72. The van der Waals surface area contributed by atoms with Crippen LogP contribution < -0.4 is 5.32 Å². The molecule has 0 aromatic heterocycles. The van der Waals surface area contributed by atoms with E-state index < -0.39 is 0 Å². The van der Waals surface area contributed by atoms with Crippen molar-refractivity contribution >= 4 is 15.9 Å². The lowest BCUT2D eigenvalue weighted by molar-refractivity contribution is 0.417. The van der Waals surface area contributed by atoms with Gasteiger partial charge >= 0.3 is 0 Å². The number of benzene rings is 1. The Bertz CT molecular complexity index is 376. The smallest absolute Gasteiger partial charge is 0.133 e. The molecule has 1 saturated heterocycles. The van der Waals surface area contributed by atoms with Crippen molar-refractivity contribution in [3.05, 3.63) is 27.5 Å². The number of phenolic OH excluding ortho intramolecular Hbond substituents is 1. The maximum absolute atomic E-state index is 13.6. The number of piperidine rings is 1. The lowest BCUT2D eigenvalue weighted by atomic mass is 9.86. The quantitative estimate of drug-likeness (QED) is 0.832. The van der Waals surface area contributed by atoms with Crippen LogP contribution in [0.4, 0.5) is 4.39 Å². The molecule has 0 spiro atoms. The van der Waals surface area contributed by atoms with Gasteiger partial charge in [0.2, 0.25) is 0 Å². The third kappa shape index (κ3) is 2.09. The third-order valence-corrected chi connectivity index (χ3v) is 3.85. The van der Waals surface area contributed by atoms with Crippen LogP contribution in [0.2, 0.25) is 0 Å². The number of phenols is 1. The molecule has 0 amide bonds. The van der Waals surface area contributed by atoms with Crippen LogP contribution in [0.15, 0.2) is 10.5 Å². The van der Waals surface area contributed by atoms with Gasteiger partial charge in [0, 0.05) is 5.56 Å². The summed E-state index contributed by atoms with van der Waals surface area (Å²) in [7, 11) is 0. The highest BCUT2D eigenvalue weighted by Crippen LogP contribution is 2.40. The molecule has 1 heterocycles. The van der Waals surface area contributed by atoms with Gasteiger partial charge in [0.05, 0.1) is 4.47 Å². The Hall–Kier alpha value is -0.610. The maximum Gasteiger partial charge on any atom is 0.133 e. The van der Waals surface area contributed by atoms with Gasteiger partial charge < -0.3 is 10.4 Å². The van der Waals surface area contributed by atoms with Gasteiger partial charge in [0.25, 0.3) is 0 Å². The minimum absolute atomic E-state index is 0.200. The minimum Gasteiger partial charge on any atom is -0.506 e. The number of aromatic hydroxyl groups is 1. The average Bonchev–Trinajstić information content (AvgIpc) is 2.28. The van der Waals surface area contributed by atoms with Crippen molar-refractivity contribution in [2.24, 2.45) is 0 Å². The first-order valence-electron chi connectivity index (χ1n) is 5.49. The van der Waals surface area contributed by atoms with E-state index in [0.29, 0.717) is 10.0 Å². The van der Waals surface area contributed by atoms with Gasteiger partial charge in [-0.3, -0.25) is 0 Å². The molecule has 2 rings (SSSR count). The van der Waals surface area contributed by atoms with Gasteiger partial charge in [-0.1, -0.05) is 0 Å². The molecule has 2 N–H and O–H groups in total. The summed E-state index contributed by atoms with van der Waals surface area (Å²) in [4.78, 5) is 0. The Morgan fingerprint density at radius 2 is 2.06 bits per heavy atom. The summed E-state index contributed by atoms with van der Waals surface area (Å²) in [6, 6.07) is 1.33. The lowest BCUT2D eigenvalue weighted by Crippen LogP contribution is -2.27. The first-order valence-corrected chi connectivity index (χ1v) is 6.28. The molecular weight excluding hydrogens is 273 g/mol. The van der Waals surface area contributed by atoms with Crippen molar-refractivity contribution in [3.8, 4) is 5.75 Å². The number of rotatable bonds is 1. The standard InChI is InChI=1S/C12H15BrFNO/c1-7-10(14)6-9(13)12(16)11(7)8-2-4-15-5-3-8/h6,8,15-16H,2-5H2,1H3. The van der Waals surface area contributed by atoms with Crippen LogP contribution in [-0.4, -0.2) is 18.2 Å². The zero-order valence-corrected chi connectivity index (χ0v) is 10.8. The van der Waals surface area contributed by atoms with Crippen LogP contribution in [0, 0.1) is 12.7 Å². The van der Waals surface area contributed by atoms with Crippen LogP contribution in [-0.2, 0) is 0 Å². The summed E-state index contributed by atoms with van der Waals surface area (Å²) in [5, 5.41) is 13.3. The molecule has 1 aliphatic rings. The number of halogens is 2. The molecule has 0 bridgehead atoms. The van der Waals surface area contributed by atoms with Gasteiger partial charge in [-0.25, -0.2) is 4.39 Å². The molecule has 1 fully saturated rings. The van der Waals surface area contributed by atoms with E-state index in [1.54, 1.807) is 6.92 Å². The van der Waals surface area contributed by atoms with E-state index in [-0.39, 0.29) is 17.5 Å². The normalized spacial score (nSPS) is 17.7. The fourth-order valence-corrected chi connectivity index (χ4v) is 2.75. The summed E-state index contributed by atoms with van der Waals surface area (Å²) >= 11 is 3.19. The van der Waals surface area contributed by atoms with Crippen LogP contribution in [0.1, 0.15) is 29.9 Å². The van der Waals surface area contributed by atoms with Crippen LogP contribution in [0.3, 0.4) is 0 Å². The third-order valence-electron chi connectivity index (χ3n) is 3.24. The Labute approximate surface area is 103 Å². The van der Waals surface area contributed by atoms with Gasteiger partial charge in [-0.15, -0.1) is 0 Å². The molecule has 0 atom stereocenters. The highest BCUT2D eigenvalue weighted by atomic mass is 79.9. The fraction of sp³-hybridized carbons (Fsp3) is 0.500. The predicted molar refractivity (Wildman–Crippen MR) is 65.3 cm³/mol. The SMILES string of the molecule is Cc1c(F)cc(Br)c(O)c1C1CCNCC1. The molecule has 1 aromatic carbocycles. The Morgan fingerprint density at radius 3 is 2.69 bits per heavy atom. The van der Waals surface area contributed by atoms with E-state index in [0.717, 1.165) is 31.5 Å². The molecule has 88 valence electrons. The molecular formula is C12H15BrFNO. The van der Waals surface area contributed by atoms with Crippen molar-refractivity contribution in [1.29, 1.82) is 0 Å². The first kappa shape index (κ1) is 11.9. The van der Waals surface area contributed by atoms with Gasteiger partial charge in [0.15, 0.2) is 0 Å². The first-order chi connectivity index (χ1) is 7.61. The Morgan fingerprint density at radius 1 is 1.44 bits per heavy atom. The molecule has 0 unspecified atom stereocenters. The molecule has 16 heavy (non-hydrogen) atoms. The zero-order chi connectivity index (χ0) is 11.7. The summed E-state index contributed by atoms with van der Waals surface area (Å²) in [5.74, 6) is 0.206. The van der Waals surface area contributed by atoms with E-state index in [1.807, 2.05) is 0 Å². The lowest BCUT2D eigenvalue weighted by Gasteiger charge is -2.25. The summed E-state index contributed by atoms with van der Waals surface area (Å²) in [5.41, 5.74) is 1.35. The van der Waals surface area contributed by atoms with Crippen LogP contribution in [0.5, 0.6) is 5.75 Å². The van der Waals surface area contributed by atoms with E-state index in [4.69, 9.17) is 0 Å². The van der Waals surface area contributed by atoms with Crippen molar-refractivity contribution in [2.45, 2.75) is 25.7 Å². The second-order valence-electron chi connectivity index (χ2n) is 4.25. The number of hydrogen-bond acceptors (Lipinski definition) is 2. The Balaban J connectivity index is 2.45. The van der Waals surface area contributed by atoms with E-state index in [2.05, 4.69) is 21.2 Å². The van der Waals surface area contributed by atoms with Crippen molar-refractivity contribution in [2.75, 3.05) is 13.1 Å². The average molecular weight is 288 g/mol. The van der Waals surface area contributed by atoms with Gasteiger partial charge in [-0.05, 0) is 66.3 Å². The zero-order valence-electron chi connectivity index (χ0n) is 9.19. The number of hydrogen-bond donors (Lipinski definition) is 2. The predicted octanol–water partition coefficient (Wildman–Crippen LogP) is 3.07. The summed E-state index contributed by atoms with van der Waals surface area (Å²) in [6.07, 6.45) is 1.90. The van der Waals surface area contributed by atoms with Crippen molar-refractivity contribution in [3.63, 3.8) is 0 Å². The van der Waals surface area contributed by atoms with Crippen molar-refractivity contribution < 1.29 is 9.50 Å². The number of nitrogens with one attached hydrogen (secondary N) is 1. The minimum atomic E-state index is -0.252. The monoisotopic (exact) mass is 287 g/mol. The van der Waals surface area contributed by atoms with E-state index in [1.165, 1.54) is 6.07 Å². The molecule has 0 aliphatic carbocycles. The maximum atomic E-state index is 13.6. The second-order valence-corrected chi connectivity index (χ2v) is 5.11. The molecule has 1 aromatic rings. The van der Waals surface area contributed by atoms with E-state index >= 15 is 0 Å². The molecule has 1 aliphatic heterocycles. The molecule has 4 heteroatoms. The largest absolute Gasteiger partial charge is 0.506 e. The Kier molecular flexibility index (Phi) is 3.50. The van der Waals surface area contributed by atoms with Gasteiger partial charge in [-0.2, -0.15) is 0 Å². The highest BCUT2D eigenvalue weighted by Gasteiger charge is 2.23. The molecule has 0 saturated carbocycles.